The second kappa shape index (κ2) is 10.3. The van der Waals surface area contributed by atoms with Crippen molar-refractivity contribution in [3.63, 3.8) is 0 Å². The van der Waals surface area contributed by atoms with E-state index in [1.54, 1.807) is 0 Å². The molecular weight excluding hydrogens is 418 g/mol. The molecule has 3 aromatic carbocycles. The van der Waals surface area contributed by atoms with Crippen LogP contribution in [0.1, 0.15) is 36.0 Å². The van der Waals surface area contributed by atoms with Crippen molar-refractivity contribution in [2.24, 2.45) is 0 Å². The summed E-state index contributed by atoms with van der Waals surface area (Å²) in [5, 5.41) is 1.23. The van der Waals surface area contributed by atoms with Crippen molar-refractivity contribution in [1.82, 2.24) is 14.4 Å². The summed E-state index contributed by atoms with van der Waals surface area (Å²) < 4.78 is 2.33. The lowest BCUT2D eigenvalue weighted by molar-refractivity contribution is -0.133. The second-order valence-corrected chi connectivity index (χ2v) is 9.20. The number of para-hydroxylation sites is 1. The number of hydrogen-bond donors (Lipinski definition) is 0. The minimum Gasteiger partial charge on any atom is -0.343 e. The van der Waals surface area contributed by atoms with Crippen LogP contribution in [0.25, 0.3) is 10.9 Å². The van der Waals surface area contributed by atoms with Crippen LogP contribution in [0.2, 0.25) is 0 Å². The van der Waals surface area contributed by atoms with E-state index >= 15 is 0 Å². The highest BCUT2D eigenvalue weighted by atomic mass is 16.2. The quantitative estimate of drug-likeness (QED) is 0.378. The van der Waals surface area contributed by atoms with Gasteiger partial charge in [0.2, 0.25) is 5.91 Å². The van der Waals surface area contributed by atoms with E-state index in [9.17, 15) is 4.79 Å². The summed E-state index contributed by atoms with van der Waals surface area (Å²) in [4.78, 5) is 18.0. The number of carbonyl (C=O) groups is 1. The molecule has 5 rings (SSSR count). The first-order valence-electron chi connectivity index (χ1n) is 12.4. The fourth-order valence-electron chi connectivity index (χ4n) is 5.17. The highest BCUT2D eigenvalue weighted by molar-refractivity contribution is 5.87. The predicted molar refractivity (Wildman–Crippen MR) is 139 cm³/mol. The topological polar surface area (TPSA) is 28.5 Å². The maximum Gasteiger partial charge on any atom is 0.223 e. The molecule has 34 heavy (non-hydrogen) atoms. The molecule has 1 aromatic heterocycles. The van der Waals surface area contributed by atoms with Crippen molar-refractivity contribution in [1.29, 1.82) is 0 Å². The Morgan fingerprint density at radius 3 is 2.18 bits per heavy atom. The predicted octanol–water partition coefficient (Wildman–Crippen LogP) is 5.38. The molecule has 4 heteroatoms. The van der Waals surface area contributed by atoms with Gasteiger partial charge in [0.05, 0.1) is 0 Å². The fourth-order valence-corrected chi connectivity index (χ4v) is 5.17. The zero-order valence-corrected chi connectivity index (χ0v) is 19.9. The van der Waals surface area contributed by atoms with Crippen molar-refractivity contribution in [2.45, 2.75) is 25.8 Å². The summed E-state index contributed by atoms with van der Waals surface area (Å²) in [7, 11) is 0. The molecule has 1 fully saturated rings. The van der Waals surface area contributed by atoms with Crippen LogP contribution < -0.4 is 0 Å². The Morgan fingerprint density at radius 2 is 1.47 bits per heavy atom. The van der Waals surface area contributed by atoms with Crippen molar-refractivity contribution in [2.75, 3.05) is 32.7 Å². The first kappa shape index (κ1) is 22.4. The molecule has 0 radical (unpaired) electrons. The Balaban J connectivity index is 1.49. The van der Waals surface area contributed by atoms with Crippen LogP contribution in [0.15, 0.2) is 91.1 Å². The second-order valence-electron chi connectivity index (χ2n) is 9.20. The lowest BCUT2D eigenvalue weighted by atomic mass is 9.87. The first-order valence-corrected chi connectivity index (χ1v) is 12.4. The van der Waals surface area contributed by atoms with Gasteiger partial charge in [0.15, 0.2) is 0 Å². The van der Waals surface area contributed by atoms with Crippen LogP contribution >= 0.6 is 0 Å². The van der Waals surface area contributed by atoms with Crippen LogP contribution in [0.4, 0.5) is 0 Å². The fraction of sp³-hybridized carbons (Fsp3) is 0.300. The average Bonchev–Trinajstić information content (AvgIpc) is 3.26. The number of carbonyl (C=O) groups excluding carboxylic acids is 1. The third-order valence-corrected chi connectivity index (χ3v) is 7.14. The van der Waals surface area contributed by atoms with Gasteiger partial charge in [-0.15, -0.1) is 0 Å². The molecule has 4 aromatic rings. The summed E-state index contributed by atoms with van der Waals surface area (Å²) in [6, 6.07) is 29.7. The van der Waals surface area contributed by atoms with Crippen molar-refractivity contribution in [3.8, 4) is 0 Å². The zero-order valence-electron chi connectivity index (χ0n) is 19.9. The standard InChI is InChI=1S/C30H33N3O/c1-2-31-17-19-32(20-18-31)30(34)21-27(25-13-7-4-8-14-25)28-23-33(22-24-11-5-3-6-12-24)29-16-10-9-15-26(28)29/h3-16,23,27H,2,17-22H2,1H3. The first-order chi connectivity index (χ1) is 16.7. The van der Waals surface area contributed by atoms with Crippen molar-refractivity contribution < 1.29 is 4.79 Å². The molecule has 174 valence electrons. The van der Waals surface area contributed by atoms with Crippen LogP contribution in [-0.2, 0) is 11.3 Å². The van der Waals surface area contributed by atoms with Gasteiger partial charge in [-0.05, 0) is 29.3 Å². The number of nitrogens with zero attached hydrogens (tertiary/aromatic N) is 3. The van der Waals surface area contributed by atoms with E-state index in [2.05, 4.69) is 106 Å². The normalized spacial score (nSPS) is 15.5. The number of amides is 1. The van der Waals surface area contributed by atoms with Gasteiger partial charge in [-0.3, -0.25) is 4.79 Å². The number of hydrogen-bond acceptors (Lipinski definition) is 2. The van der Waals surface area contributed by atoms with Crippen LogP contribution in [0.5, 0.6) is 0 Å². The molecule has 0 aliphatic carbocycles. The largest absolute Gasteiger partial charge is 0.343 e. The molecule has 1 saturated heterocycles. The van der Waals surface area contributed by atoms with Gasteiger partial charge in [0.25, 0.3) is 0 Å². The zero-order chi connectivity index (χ0) is 23.3. The molecule has 1 amide bonds. The Bertz CT molecular complexity index is 1220. The molecule has 0 N–H and O–H groups in total. The number of likely N-dealkylation sites (N-methyl/N-ethyl adjacent to an activating group) is 1. The smallest absolute Gasteiger partial charge is 0.223 e. The van der Waals surface area contributed by atoms with Gasteiger partial charge in [0.1, 0.15) is 0 Å². The van der Waals surface area contributed by atoms with E-state index in [1.165, 1.54) is 27.6 Å². The minimum absolute atomic E-state index is 0.0276. The van der Waals surface area contributed by atoms with E-state index in [4.69, 9.17) is 0 Å². The number of rotatable bonds is 7. The highest BCUT2D eigenvalue weighted by Gasteiger charge is 2.27. The number of piperazine rings is 1. The molecule has 0 spiro atoms. The van der Waals surface area contributed by atoms with E-state index < -0.39 is 0 Å². The van der Waals surface area contributed by atoms with Gasteiger partial charge in [0, 0.05) is 62.2 Å². The van der Waals surface area contributed by atoms with Crippen LogP contribution in [-0.4, -0.2) is 53.0 Å². The third kappa shape index (κ3) is 4.78. The monoisotopic (exact) mass is 451 g/mol. The van der Waals surface area contributed by atoms with Gasteiger partial charge in [-0.1, -0.05) is 85.8 Å². The number of aromatic nitrogens is 1. The molecule has 2 heterocycles. The van der Waals surface area contributed by atoms with Gasteiger partial charge >= 0.3 is 0 Å². The molecule has 4 nitrogen and oxygen atoms in total. The SMILES string of the molecule is CCN1CCN(C(=O)CC(c2ccccc2)c2cn(Cc3ccccc3)c3ccccc23)CC1. The van der Waals surface area contributed by atoms with Crippen LogP contribution in [0, 0.1) is 0 Å². The molecule has 0 saturated carbocycles. The molecule has 1 atom stereocenters. The van der Waals surface area contributed by atoms with Gasteiger partial charge < -0.3 is 14.4 Å². The van der Waals surface area contributed by atoms with E-state index in [1.807, 2.05) is 6.07 Å². The number of benzene rings is 3. The molecular formula is C30H33N3O. The summed E-state index contributed by atoms with van der Waals surface area (Å²) in [6.45, 7) is 7.64. The minimum atomic E-state index is 0.0276. The van der Waals surface area contributed by atoms with Crippen molar-refractivity contribution >= 4 is 16.8 Å². The molecule has 1 aliphatic rings. The maximum atomic E-state index is 13.5. The average molecular weight is 452 g/mol. The Morgan fingerprint density at radius 1 is 0.824 bits per heavy atom. The Kier molecular flexibility index (Phi) is 6.77. The summed E-state index contributed by atoms with van der Waals surface area (Å²) in [6.07, 6.45) is 2.77. The summed E-state index contributed by atoms with van der Waals surface area (Å²) in [5.74, 6) is 0.282. The van der Waals surface area contributed by atoms with Gasteiger partial charge in [-0.25, -0.2) is 0 Å². The Labute approximate surface area is 202 Å². The maximum absolute atomic E-state index is 13.5. The number of fused-ring (bicyclic) bond motifs is 1. The molecule has 1 aliphatic heterocycles. The summed E-state index contributed by atoms with van der Waals surface area (Å²) >= 11 is 0. The molecule has 1 unspecified atom stereocenters. The lowest BCUT2D eigenvalue weighted by Crippen LogP contribution is -2.48. The Hall–Kier alpha value is -3.37. The van der Waals surface area contributed by atoms with E-state index in [-0.39, 0.29) is 11.8 Å². The van der Waals surface area contributed by atoms with Crippen LogP contribution in [0.3, 0.4) is 0 Å². The van der Waals surface area contributed by atoms with E-state index in [0.717, 1.165) is 39.3 Å². The third-order valence-electron chi connectivity index (χ3n) is 7.14. The van der Waals surface area contributed by atoms with Crippen molar-refractivity contribution in [3.05, 3.63) is 108 Å². The lowest BCUT2D eigenvalue weighted by Gasteiger charge is -2.34. The highest BCUT2D eigenvalue weighted by Crippen LogP contribution is 2.35. The summed E-state index contributed by atoms with van der Waals surface area (Å²) in [5.41, 5.74) is 4.92. The van der Waals surface area contributed by atoms with E-state index in [0.29, 0.717) is 6.42 Å². The molecule has 0 bridgehead atoms. The van der Waals surface area contributed by atoms with Gasteiger partial charge in [-0.2, -0.15) is 0 Å².